The molecule has 0 aromatic carbocycles. The van der Waals surface area contributed by atoms with Crippen LogP contribution < -0.4 is 4.74 Å². The number of thioether (sulfide) groups is 1. The summed E-state index contributed by atoms with van der Waals surface area (Å²) in [6.07, 6.45) is 2.71. The van der Waals surface area contributed by atoms with Crippen molar-refractivity contribution in [3.63, 3.8) is 0 Å². The SMILES string of the molecule is CCOc1cncc(C(=N)SC(=N)C(=O)O)n1. The molecule has 1 rings (SSSR count). The Morgan fingerprint density at radius 3 is 2.82 bits per heavy atom. The fourth-order valence-electron chi connectivity index (χ4n) is 0.873. The van der Waals surface area contributed by atoms with E-state index in [-0.39, 0.29) is 16.6 Å². The smallest absolute Gasteiger partial charge is 0.360 e. The van der Waals surface area contributed by atoms with Crippen molar-refractivity contribution in [1.29, 1.82) is 10.8 Å². The lowest BCUT2D eigenvalue weighted by molar-refractivity contribution is -0.129. The largest absolute Gasteiger partial charge is 0.477 e. The van der Waals surface area contributed by atoms with E-state index in [0.29, 0.717) is 18.4 Å². The van der Waals surface area contributed by atoms with Crippen LogP contribution in [0.4, 0.5) is 0 Å². The van der Waals surface area contributed by atoms with Crippen molar-refractivity contribution in [2.24, 2.45) is 0 Å². The molecule has 3 N–H and O–H groups in total. The standard InChI is InChI=1S/C9H10N4O3S/c1-2-16-6-4-12-3-5(13-6)7(10)17-8(11)9(14)15/h3-4,10-11H,2H2,1H3,(H,14,15). The highest BCUT2D eigenvalue weighted by molar-refractivity contribution is 8.28. The first kappa shape index (κ1) is 13.1. The first-order valence-electron chi connectivity index (χ1n) is 4.58. The third-order valence-corrected chi connectivity index (χ3v) is 2.33. The molecular weight excluding hydrogens is 244 g/mol. The van der Waals surface area contributed by atoms with Crippen molar-refractivity contribution >= 4 is 27.8 Å². The van der Waals surface area contributed by atoms with E-state index in [9.17, 15) is 4.79 Å². The van der Waals surface area contributed by atoms with Crippen LogP contribution in [0.3, 0.4) is 0 Å². The minimum atomic E-state index is -1.38. The third kappa shape index (κ3) is 3.83. The van der Waals surface area contributed by atoms with Crippen molar-refractivity contribution in [3.8, 4) is 5.88 Å². The van der Waals surface area contributed by atoms with Crippen LogP contribution in [-0.4, -0.2) is 37.7 Å². The maximum atomic E-state index is 10.4. The predicted octanol–water partition coefficient (Wildman–Crippen LogP) is 0.996. The second kappa shape index (κ2) is 5.94. The number of carboxylic acid groups (broad SMARTS) is 1. The highest BCUT2D eigenvalue weighted by Gasteiger charge is 2.14. The number of ether oxygens (including phenoxy) is 1. The number of rotatable bonds is 3. The number of nitrogens with zero attached hydrogens (tertiary/aromatic N) is 2. The van der Waals surface area contributed by atoms with Crippen molar-refractivity contribution in [3.05, 3.63) is 18.1 Å². The highest BCUT2D eigenvalue weighted by Crippen LogP contribution is 2.13. The van der Waals surface area contributed by atoms with E-state index in [1.54, 1.807) is 6.92 Å². The number of nitrogens with one attached hydrogen (secondary N) is 2. The molecule has 0 unspecified atom stereocenters. The minimum Gasteiger partial charge on any atom is -0.477 e. The molecular formula is C9H10N4O3S. The van der Waals surface area contributed by atoms with E-state index in [2.05, 4.69) is 9.97 Å². The zero-order valence-corrected chi connectivity index (χ0v) is 9.74. The molecule has 0 aliphatic heterocycles. The van der Waals surface area contributed by atoms with Crippen LogP contribution in [0.1, 0.15) is 12.6 Å². The topological polar surface area (TPSA) is 120 Å². The summed E-state index contributed by atoms with van der Waals surface area (Å²) in [6, 6.07) is 0. The van der Waals surface area contributed by atoms with Crippen molar-refractivity contribution < 1.29 is 14.6 Å². The van der Waals surface area contributed by atoms with Crippen molar-refractivity contribution in [2.75, 3.05) is 6.61 Å². The first-order valence-corrected chi connectivity index (χ1v) is 5.39. The molecule has 0 aliphatic rings. The van der Waals surface area contributed by atoms with Gasteiger partial charge in [0.25, 0.3) is 0 Å². The monoisotopic (exact) mass is 254 g/mol. The molecule has 90 valence electrons. The number of aromatic nitrogens is 2. The van der Waals surface area contributed by atoms with Gasteiger partial charge in [0.2, 0.25) is 5.88 Å². The van der Waals surface area contributed by atoms with Gasteiger partial charge < -0.3 is 9.84 Å². The molecule has 0 bridgehead atoms. The molecule has 0 fully saturated rings. The molecule has 0 aliphatic carbocycles. The zero-order valence-electron chi connectivity index (χ0n) is 8.93. The second-order valence-electron chi connectivity index (χ2n) is 2.74. The summed E-state index contributed by atoms with van der Waals surface area (Å²) in [6.45, 7) is 2.21. The van der Waals surface area contributed by atoms with Gasteiger partial charge in [-0.2, -0.15) is 0 Å². The first-order chi connectivity index (χ1) is 8.04. The summed E-state index contributed by atoms with van der Waals surface area (Å²) in [5.41, 5.74) is 0.173. The molecule has 0 radical (unpaired) electrons. The van der Waals surface area contributed by atoms with Crippen LogP contribution in [0.2, 0.25) is 0 Å². The molecule has 0 amide bonds. The van der Waals surface area contributed by atoms with E-state index < -0.39 is 11.0 Å². The van der Waals surface area contributed by atoms with Gasteiger partial charge in [-0.05, 0) is 18.7 Å². The fraction of sp³-hybridized carbons (Fsp3) is 0.222. The van der Waals surface area contributed by atoms with E-state index >= 15 is 0 Å². The van der Waals surface area contributed by atoms with E-state index in [0.717, 1.165) is 0 Å². The predicted molar refractivity (Wildman–Crippen MR) is 63.0 cm³/mol. The molecule has 1 heterocycles. The van der Waals surface area contributed by atoms with Gasteiger partial charge >= 0.3 is 5.97 Å². The summed E-state index contributed by atoms with van der Waals surface area (Å²) in [5, 5.41) is 22.4. The third-order valence-electron chi connectivity index (χ3n) is 1.54. The van der Waals surface area contributed by atoms with E-state index in [1.165, 1.54) is 12.4 Å². The number of carbonyl (C=O) groups is 1. The maximum Gasteiger partial charge on any atom is 0.360 e. The average Bonchev–Trinajstić information content (AvgIpc) is 2.29. The van der Waals surface area contributed by atoms with Crippen LogP contribution in [0.15, 0.2) is 12.4 Å². The Balaban J connectivity index is 2.78. The van der Waals surface area contributed by atoms with Gasteiger partial charge in [0.15, 0.2) is 5.04 Å². The molecule has 0 saturated heterocycles. The maximum absolute atomic E-state index is 10.4. The van der Waals surface area contributed by atoms with Gasteiger partial charge in [-0.15, -0.1) is 0 Å². The summed E-state index contributed by atoms with van der Waals surface area (Å²) >= 11 is 0.497. The fourth-order valence-corrected chi connectivity index (χ4v) is 1.37. The van der Waals surface area contributed by atoms with Gasteiger partial charge in [-0.3, -0.25) is 15.8 Å². The molecule has 0 saturated carbocycles. The molecule has 7 nitrogen and oxygen atoms in total. The van der Waals surface area contributed by atoms with Crippen LogP contribution in [0, 0.1) is 10.8 Å². The van der Waals surface area contributed by atoms with Crippen LogP contribution in [-0.2, 0) is 4.79 Å². The summed E-state index contributed by atoms with van der Waals surface area (Å²) in [7, 11) is 0. The lowest BCUT2D eigenvalue weighted by Gasteiger charge is -2.04. The quantitative estimate of drug-likeness (QED) is 0.546. The van der Waals surface area contributed by atoms with Crippen molar-refractivity contribution in [2.45, 2.75) is 6.92 Å². The lowest BCUT2D eigenvalue weighted by atomic mass is 10.5. The number of carboxylic acids is 1. The Kier molecular flexibility index (Phi) is 4.58. The Labute approximate surface area is 101 Å². The highest BCUT2D eigenvalue weighted by atomic mass is 32.2. The zero-order chi connectivity index (χ0) is 12.8. The van der Waals surface area contributed by atoms with Gasteiger partial charge in [0, 0.05) is 0 Å². The van der Waals surface area contributed by atoms with Gasteiger partial charge in [-0.1, -0.05) is 0 Å². The molecule has 1 aromatic heterocycles. The number of hydrogen-bond acceptors (Lipinski definition) is 7. The normalized spacial score (nSPS) is 9.71. The number of aliphatic carboxylic acids is 1. The van der Waals surface area contributed by atoms with Crippen LogP contribution >= 0.6 is 11.8 Å². The lowest BCUT2D eigenvalue weighted by Crippen LogP contribution is -2.11. The van der Waals surface area contributed by atoms with E-state index in [1.807, 2.05) is 0 Å². The summed E-state index contributed by atoms with van der Waals surface area (Å²) in [5.74, 6) is -1.12. The molecule has 17 heavy (non-hydrogen) atoms. The Hall–Kier alpha value is -1.96. The van der Waals surface area contributed by atoms with Crippen LogP contribution in [0.25, 0.3) is 0 Å². The van der Waals surface area contributed by atoms with Crippen LogP contribution in [0.5, 0.6) is 5.88 Å². The Morgan fingerprint density at radius 2 is 2.24 bits per heavy atom. The van der Waals surface area contributed by atoms with Gasteiger partial charge in [0.1, 0.15) is 10.7 Å². The van der Waals surface area contributed by atoms with Gasteiger partial charge in [0.05, 0.1) is 19.0 Å². The van der Waals surface area contributed by atoms with Crippen molar-refractivity contribution in [1.82, 2.24) is 9.97 Å². The molecule has 1 aromatic rings. The average molecular weight is 254 g/mol. The van der Waals surface area contributed by atoms with Gasteiger partial charge in [-0.25, -0.2) is 9.78 Å². The molecule has 0 atom stereocenters. The molecule has 0 spiro atoms. The number of hydrogen-bond donors (Lipinski definition) is 3. The van der Waals surface area contributed by atoms with E-state index in [4.69, 9.17) is 20.7 Å². The summed E-state index contributed by atoms with van der Waals surface area (Å²) < 4.78 is 5.10. The summed E-state index contributed by atoms with van der Waals surface area (Å²) in [4.78, 5) is 18.2. The Bertz CT molecular complexity index is 463. The Morgan fingerprint density at radius 1 is 1.53 bits per heavy atom. The molecule has 8 heteroatoms. The minimum absolute atomic E-state index is 0.161. The second-order valence-corrected chi connectivity index (χ2v) is 3.76.